The van der Waals surface area contributed by atoms with Gasteiger partial charge in [-0.15, -0.1) is 0 Å². The first-order chi connectivity index (χ1) is 10.7. The van der Waals surface area contributed by atoms with Crippen LogP contribution in [0.5, 0.6) is 0 Å². The van der Waals surface area contributed by atoms with Crippen molar-refractivity contribution in [2.45, 2.75) is 13.5 Å². The molecule has 0 aliphatic carbocycles. The van der Waals surface area contributed by atoms with Crippen LogP contribution in [0.3, 0.4) is 0 Å². The normalized spacial score (nSPS) is 10.8. The van der Waals surface area contributed by atoms with Crippen LogP contribution in [0.4, 0.5) is 0 Å². The van der Waals surface area contributed by atoms with Gasteiger partial charge in [0.15, 0.2) is 0 Å². The third-order valence-corrected chi connectivity index (χ3v) is 3.42. The van der Waals surface area contributed by atoms with Crippen molar-refractivity contribution < 1.29 is 4.79 Å². The number of aromatic amines is 1. The molecule has 6 heteroatoms. The molecular weight excluding hydrogens is 280 g/mol. The zero-order valence-corrected chi connectivity index (χ0v) is 12.2. The number of pyridine rings is 1. The van der Waals surface area contributed by atoms with Gasteiger partial charge in [-0.25, -0.2) is 4.68 Å². The van der Waals surface area contributed by atoms with Crippen molar-refractivity contribution in [3.63, 3.8) is 0 Å². The predicted octanol–water partition coefficient (Wildman–Crippen LogP) is 1.52. The minimum absolute atomic E-state index is 0.208. The van der Waals surface area contributed by atoms with E-state index in [1.54, 1.807) is 30.6 Å². The zero-order chi connectivity index (χ0) is 15.5. The second-order valence-electron chi connectivity index (χ2n) is 4.95. The minimum atomic E-state index is -0.238. The number of carbonyl (C=O) groups is 1. The van der Waals surface area contributed by atoms with Crippen molar-refractivity contribution >= 4 is 16.8 Å². The number of aromatic nitrogens is 3. The van der Waals surface area contributed by atoms with E-state index in [1.807, 2.05) is 19.1 Å². The molecule has 0 bridgehead atoms. The van der Waals surface area contributed by atoms with Gasteiger partial charge in [-0.05, 0) is 30.7 Å². The maximum Gasteiger partial charge on any atom is 0.275 e. The maximum atomic E-state index is 12.6. The molecule has 6 nitrogen and oxygen atoms in total. The Bertz CT molecular complexity index is 865. The van der Waals surface area contributed by atoms with Crippen LogP contribution in [0.25, 0.3) is 10.9 Å². The van der Waals surface area contributed by atoms with Gasteiger partial charge in [0.1, 0.15) is 0 Å². The molecule has 2 heterocycles. The molecule has 3 aromatic rings. The molecule has 0 aliphatic heterocycles. The predicted molar refractivity (Wildman–Crippen MR) is 83.9 cm³/mol. The SMILES string of the molecule is CCNC(=O)c1cccc2[nH]n(Cc3cccnc3)c(=O)c12. The summed E-state index contributed by atoms with van der Waals surface area (Å²) in [5.41, 5.74) is 1.75. The van der Waals surface area contributed by atoms with Gasteiger partial charge in [0, 0.05) is 18.9 Å². The van der Waals surface area contributed by atoms with Crippen molar-refractivity contribution in [3.8, 4) is 0 Å². The monoisotopic (exact) mass is 296 g/mol. The first-order valence-corrected chi connectivity index (χ1v) is 7.09. The third-order valence-electron chi connectivity index (χ3n) is 3.42. The van der Waals surface area contributed by atoms with Gasteiger partial charge in [0.05, 0.1) is 23.0 Å². The van der Waals surface area contributed by atoms with Gasteiger partial charge >= 0.3 is 0 Å². The second kappa shape index (κ2) is 5.85. The van der Waals surface area contributed by atoms with Gasteiger partial charge in [-0.1, -0.05) is 12.1 Å². The van der Waals surface area contributed by atoms with Crippen LogP contribution in [-0.2, 0) is 6.54 Å². The van der Waals surface area contributed by atoms with E-state index in [2.05, 4.69) is 15.4 Å². The number of nitrogens with one attached hydrogen (secondary N) is 2. The molecule has 0 spiro atoms. The summed E-state index contributed by atoms with van der Waals surface area (Å²) in [6.45, 7) is 2.75. The average molecular weight is 296 g/mol. The van der Waals surface area contributed by atoms with Crippen LogP contribution in [-0.4, -0.2) is 27.2 Å². The molecule has 1 amide bonds. The first-order valence-electron chi connectivity index (χ1n) is 7.09. The molecule has 2 N–H and O–H groups in total. The molecule has 0 aliphatic rings. The molecule has 0 atom stereocenters. The van der Waals surface area contributed by atoms with E-state index in [4.69, 9.17) is 0 Å². The zero-order valence-electron chi connectivity index (χ0n) is 12.2. The van der Waals surface area contributed by atoms with Crippen molar-refractivity contribution in [1.29, 1.82) is 0 Å². The summed E-state index contributed by atoms with van der Waals surface area (Å²) in [4.78, 5) is 28.7. The van der Waals surface area contributed by atoms with E-state index in [1.165, 1.54) is 4.68 Å². The molecule has 0 unspecified atom stereocenters. The Morgan fingerprint density at radius 2 is 2.18 bits per heavy atom. The Kier molecular flexibility index (Phi) is 3.74. The van der Waals surface area contributed by atoms with Crippen molar-refractivity contribution in [1.82, 2.24) is 20.1 Å². The lowest BCUT2D eigenvalue weighted by Crippen LogP contribution is -2.25. The lowest BCUT2D eigenvalue weighted by molar-refractivity contribution is 0.0957. The number of nitrogens with zero attached hydrogens (tertiary/aromatic N) is 2. The quantitative estimate of drug-likeness (QED) is 0.766. The molecule has 3 rings (SSSR count). The number of amides is 1. The highest BCUT2D eigenvalue weighted by atomic mass is 16.2. The Hall–Kier alpha value is -2.89. The van der Waals surface area contributed by atoms with Crippen LogP contribution >= 0.6 is 0 Å². The van der Waals surface area contributed by atoms with Crippen molar-refractivity contribution in [2.75, 3.05) is 6.54 Å². The van der Waals surface area contributed by atoms with Crippen LogP contribution in [0, 0.1) is 0 Å². The lowest BCUT2D eigenvalue weighted by Gasteiger charge is -2.02. The highest BCUT2D eigenvalue weighted by Gasteiger charge is 2.15. The van der Waals surface area contributed by atoms with E-state index < -0.39 is 0 Å². The highest BCUT2D eigenvalue weighted by Crippen LogP contribution is 2.14. The van der Waals surface area contributed by atoms with Gasteiger partial charge in [-0.2, -0.15) is 0 Å². The number of hydrogen-bond donors (Lipinski definition) is 2. The number of hydrogen-bond acceptors (Lipinski definition) is 3. The van der Waals surface area contributed by atoms with Gasteiger partial charge in [0.2, 0.25) is 0 Å². The van der Waals surface area contributed by atoms with E-state index in [9.17, 15) is 9.59 Å². The number of fused-ring (bicyclic) bond motifs is 1. The van der Waals surface area contributed by atoms with Crippen LogP contribution in [0.2, 0.25) is 0 Å². The summed E-state index contributed by atoms with van der Waals surface area (Å²) in [5, 5.41) is 6.19. The highest BCUT2D eigenvalue weighted by molar-refractivity contribution is 6.05. The van der Waals surface area contributed by atoms with Gasteiger partial charge in [-0.3, -0.25) is 19.7 Å². The first kappa shape index (κ1) is 14.1. The number of carbonyl (C=O) groups excluding carboxylic acids is 1. The van der Waals surface area contributed by atoms with Gasteiger partial charge < -0.3 is 5.32 Å². The maximum absolute atomic E-state index is 12.6. The minimum Gasteiger partial charge on any atom is -0.352 e. The van der Waals surface area contributed by atoms with E-state index >= 15 is 0 Å². The molecular formula is C16H16N4O2. The van der Waals surface area contributed by atoms with Crippen LogP contribution in [0.15, 0.2) is 47.5 Å². The number of rotatable bonds is 4. The van der Waals surface area contributed by atoms with Crippen LogP contribution < -0.4 is 10.9 Å². The Morgan fingerprint density at radius 1 is 1.32 bits per heavy atom. The summed E-state index contributed by atoms with van der Waals surface area (Å²) in [6.07, 6.45) is 3.40. The summed E-state index contributed by atoms with van der Waals surface area (Å²) >= 11 is 0. The molecule has 0 fully saturated rings. The third kappa shape index (κ3) is 2.50. The number of benzene rings is 1. The fourth-order valence-corrected chi connectivity index (χ4v) is 2.44. The Labute approximate surface area is 126 Å². The molecule has 0 saturated carbocycles. The average Bonchev–Trinajstić information content (AvgIpc) is 2.85. The fourth-order valence-electron chi connectivity index (χ4n) is 2.44. The standard InChI is InChI=1S/C16H16N4O2/c1-2-18-15(21)12-6-3-7-13-14(12)16(22)20(19-13)10-11-5-4-8-17-9-11/h3-9,19H,2,10H2,1H3,(H,18,21). The summed E-state index contributed by atoms with van der Waals surface area (Å²) in [7, 11) is 0. The number of H-pyrrole nitrogens is 1. The Morgan fingerprint density at radius 3 is 2.91 bits per heavy atom. The summed E-state index contributed by atoms with van der Waals surface area (Å²) in [5.74, 6) is -0.238. The molecule has 2 aromatic heterocycles. The fraction of sp³-hybridized carbons (Fsp3) is 0.188. The Balaban J connectivity index is 2.08. The lowest BCUT2D eigenvalue weighted by atomic mass is 10.1. The smallest absolute Gasteiger partial charge is 0.275 e. The second-order valence-corrected chi connectivity index (χ2v) is 4.95. The summed E-state index contributed by atoms with van der Waals surface area (Å²) in [6, 6.07) is 8.94. The topological polar surface area (TPSA) is 79.8 Å². The van der Waals surface area contributed by atoms with E-state index in [0.717, 1.165) is 5.56 Å². The van der Waals surface area contributed by atoms with Crippen molar-refractivity contribution in [2.24, 2.45) is 0 Å². The van der Waals surface area contributed by atoms with E-state index in [-0.39, 0.29) is 11.5 Å². The summed E-state index contributed by atoms with van der Waals surface area (Å²) < 4.78 is 1.49. The molecule has 112 valence electrons. The van der Waals surface area contributed by atoms with Crippen LogP contribution in [0.1, 0.15) is 22.8 Å². The van der Waals surface area contributed by atoms with Crippen molar-refractivity contribution in [3.05, 3.63) is 64.2 Å². The largest absolute Gasteiger partial charge is 0.352 e. The van der Waals surface area contributed by atoms with E-state index in [0.29, 0.717) is 29.6 Å². The molecule has 0 radical (unpaired) electrons. The molecule has 22 heavy (non-hydrogen) atoms. The molecule has 0 saturated heterocycles. The molecule has 1 aromatic carbocycles. The van der Waals surface area contributed by atoms with Gasteiger partial charge in [0.25, 0.3) is 11.5 Å².